The Balaban J connectivity index is 2.46. The fourth-order valence-corrected chi connectivity index (χ4v) is 4.40. The van der Waals surface area contributed by atoms with Crippen molar-refractivity contribution in [1.82, 2.24) is 0 Å². The monoisotopic (exact) mass is 337 g/mol. The number of halogens is 1. The third-order valence-corrected chi connectivity index (χ3v) is 6.13. The van der Waals surface area contributed by atoms with Gasteiger partial charge in [-0.3, -0.25) is 4.57 Å². The highest BCUT2D eigenvalue weighted by Crippen LogP contribution is 2.57. The van der Waals surface area contributed by atoms with Gasteiger partial charge < -0.3 is 14.5 Å². The Labute approximate surface area is 136 Å². The molecule has 2 aromatic rings. The van der Waals surface area contributed by atoms with Crippen LogP contribution < -0.4 is 10.2 Å². The van der Waals surface area contributed by atoms with E-state index < -0.39 is 19.0 Å². The molecule has 23 heavy (non-hydrogen) atoms. The van der Waals surface area contributed by atoms with Crippen LogP contribution >= 0.6 is 7.37 Å². The molecule has 2 atom stereocenters. The van der Waals surface area contributed by atoms with Gasteiger partial charge in [0.15, 0.2) is 5.85 Å². The second kappa shape index (κ2) is 7.26. The summed E-state index contributed by atoms with van der Waals surface area (Å²) in [6, 6.07) is 12.6. The number of hydrogen-bond donors (Lipinski definition) is 1. The highest BCUT2D eigenvalue weighted by atomic mass is 31.2. The third kappa shape index (κ3) is 3.63. The molecule has 0 aliphatic carbocycles. The Morgan fingerprint density at radius 2 is 1.78 bits per heavy atom. The summed E-state index contributed by atoms with van der Waals surface area (Å²) >= 11 is 0. The number of benzene rings is 2. The lowest BCUT2D eigenvalue weighted by Gasteiger charge is -2.24. The van der Waals surface area contributed by atoms with Crippen molar-refractivity contribution in [3.63, 3.8) is 0 Å². The van der Waals surface area contributed by atoms with E-state index in [0.29, 0.717) is 5.30 Å². The van der Waals surface area contributed by atoms with Crippen LogP contribution in [0.1, 0.15) is 18.3 Å². The van der Waals surface area contributed by atoms with Crippen molar-refractivity contribution in [1.29, 1.82) is 0 Å². The van der Waals surface area contributed by atoms with E-state index in [1.807, 2.05) is 19.0 Å². The average Bonchev–Trinajstić information content (AvgIpc) is 2.55. The molecule has 0 saturated heterocycles. The zero-order chi connectivity index (χ0) is 17.0. The number of hydrogen-bond acceptors (Lipinski definition) is 4. The van der Waals surface area contributed by atoms with Crippen molar-refractivity contribution in [2.45, 2.75) is 12.8 Å². The molecule has 0 spiro atoms. The normalized spacial score (nSPS) is 15.0. The van der Waals surface area contributed by atoms with Crippen LogP contribution in [0.2, 0.25) is 0 Å². The lowest BCUT2D eigenvalue weighted by molar-refractivity contribution is 0.214. The van der Waals surface area contributed by atoms with Gasteiger partial charge in [-0.25, -0.2) is 4.39 Å². The minimum absolute atomic E-state index is 0.0269. The van der Waals surface area contributed by atoms with Gasteiger partial charge in [-0.2, -0.15) is 0 Å². The topological polar surface area (TPSA) is 49.8 Å². The molecule has 0 radical (unpaired) electrons. The lowest BCUT2D eigenvalue weighted by Crippen LogP contribution is -2.16. The van der Waals surface area contributed by atoms with Crippen LogP contribution in [0.15, 0.2) is 48.5 Å². The third-order valence-electron chi connectivity index (χ3n) is 3.55. The van der Waals surface area contributed by atoms with Gasteiger partial charge in [-0.05, 0) is 37.3 Å². The molecule has 2 aromatic carbocycles. The number of nitrogens with zero attached hydrogens (tertiary/aromatic N) is 1. The van der Waals surface area contributed by atoms with Crippen molar-refractivity contribution in [2.24, 2.45) is 0 Å². The van der Waals surface area contributed by atoms with Crippen LogP contribution in [0.5, 0.6) is 0 Å². The van der Waals surface area contributed by atoms with E-state index in [2.05, 4.69) is 0 Å². The number of anilines is 1. The summed E-state index contributed by atoms with van der Waals surface area (Å²) in [5.74, 6) is -2.15. The van der Waals surface area contributed by atoms with Crippen LogP contribution in [-0.2, 0) is 9.09 Å². The molecule has 0 fully saturated rings. The summed E-state index contributed by atoms with van der Waals surface area (Å²) in [5.41, 5.74) is 0.901. The molecule has 0 aromatic heterocycles. The fourth-order valence-electron chi connectivity index (χ4n) is 2.30. The zero-order valence-electron chi connectivity index (χ0n) is 13.4. The molecule has 0 aliphatic rings. The Morgan fingerprint density at radius 1 is 1.17 bits per heavy atom. The predicted octanol–water partition coefficient (Wildman–Crippen LogP) is 3.52. The largest absolute Gasteiger partial charge is 0.378 e. The van der Waals surface area contributed by atoms with Crippen LogP contribution in [0.25, 0.3) is 0 Å². The molecule has 0 bridgehead atoms. The van der Waals surface area contributed by atoms with Crippen LogP contribution in [-0.4, -0.2) is 25.8 Å². The lowest BCUT2D eigenvalue weighted by atomic mass is 10.2. The van der Waals surface area contributed by atoms with Crippen molar-refractivity contribution in [3.05, 3.63) is 59.9 Å². The van der Waals surface area contributed by atoms with E-state index in [1.165, 1.54) is 18.2 Å². The Hall–Kier alpha value is -1.68. The van der Waals surface area contributed by atoms with Crippen LogP contribution in [0.3, 0.4) is 0 Å². The van der Waals surface area contributed by atoms with Gasteiger partial charge in [0.25, 0.3) is 7.37 Å². The standard InChI is InChI=1S/C17H21FNO3P/c1-4-22-23(21,14-11-9-13(10-12-14)19(2)3)17(20)15-7-5-6-8-16(15)18/h5-12,17,20H,4H2,1-3H3/t17-,23-/m0/s1. The molecule has 6 heteroatoms. The summed E-state index contributed by atoms with van der Waals surface area (Å²) in [7, 11) is 0.124. The first-order valence-corrected chi connectivity index (χ1v) is 9.04. The minimum Gasteiger partial charge on any atom is -0.378 e. The maximum Gasteiger partial charge on any atom is 0.264 e. The van der Waals surface area contributed by atoms with Crippen molar-refractivity contribution in [2.75, 3.05) is 25.6 Å². The van der Waals surface area contributed by atoms with Crippen molar-refractivity contribution in [3.8, 4) is 0 Å². The van der Waals surface area contributed by atoms with Crippen LogP contribution in [0.4, 0.5) is 10.1 Å². The summed E-state index contributed by atoms with van der Waals surface area (Å²) < 4.78 is 32.7. The van der Waals surface area contributed by atoms with E-state index in [-0.39, 0.29) is 12.2 Å². The quantitative estimate of drug-likeness (QED) is 0.820. The molecule has 2 rings (SSSR count). The predicted molar refractivity (Wildman–Crippen MR) is 91.0 cm³/mol. The van der Waals surface area contributed by atoms with Gasteiger partial charge in [-0.15, -0.1) is 0 Å². The van der Waals surface area contributed by atoms with E-state index in [4.69, 9.17) is 4.52 Å². The number of aliphatic hydroxyl groups excluding tert-OH is 1. The Kier molecular flexibility index (Phi) is 5.58. The van der Waals surface area contributed by atoms with E-state index in [0.717, 1.165) is 5.69 Å². The molecule has 124 valence electrons. The molecule has 0 heterocycles. The fraction of sp³-hybridized carbons (Fsp3) is 0.294. The van der Waals surface area contributed by atoms with E-state index >= 15 is 0 Å². The summed E-state index contributed by atoms with van der Waals surface area (Å²) in [4.78, 5) is 1.91. The first-order valence-electron chi connectivity index (χ1n) is 7.35. The maximum absolute atomic E-state index is 14.0. The highest BCUT2D eigenvalue weighted by Gasteiger charge is 2.37. The molecule has 0 unspecified atom stereocenters. The summed E-state index contributed by atoms with van der Waals surface area (Å²) in [6.07, 6.45) is 0. The highest BCUT2D eigenvalue weighted by molar-refractivity contribution is 7.67. The molecule has 0 amide bonds. The maximum atomic E-state index is 14.0. The summed E-state index contributed by atoms with van der Waals surface area (Å²) in [5, 5.41) is 10.9. The minimum atomic E-state index is -3.66. The van der Waals surface area contributed by atoms with Gasteiger partial charge in [0.1, 0.15) is 5.82 Å². The zero-order valence-corrected chi connectivity index (χ0v) is 14.3. The Morgan fingerprint density at radius 3 is 2.30 bits per heavy atom. The van der Waals surface area contributed by atoms with Crippen molar-refractivity contribution < 1.29 is 18.6 Å². The van der Waals surface area contributed by atoms with E-state index in [9.17, 15) is 14.1 Å². The van der Waals surface area contributed by atoms with Gasteiger partial charge in [0.05, 0.1) is 6.61 Å². The van der Waals surface area contributed by atoms with Crippen LogP contribution in [0, 0.1) is 5.82 Å². The average molecular weight is 337 g/mol. The molecular weight excluding hydrogens is 316 g/mol. The molecular formula is C17H21FNO3P. The molecule has 4 nitrogen and oxygen atoms in total. The second-order valence-electron chi connectivity index (χ2n) is 5.32. The number of aliphatic hydroxyl groups is 1. The number of rotatable bonds is 6. The first kappa shape index (κ1) is 17.7. The first-order chi connectivity index (χ1) is 10.9. The van der Waals surface area contributed by atoms with Crippen molar-refractivity contribution >= 4 is 18.4 Å². The Bertz CT molecular complexity index is 703. The van der Waals surface area contributed by atoms with E-state index in [1.54, 1.807) is 37.3 Å². The summed E-state index contributed by atoms with van der Waals surface area (Å²) in [6.45, 7) is 1.84. The van der Waals surface area contributed by atoms with Gasteiger partial charge in [0.2, 0.25) is 0 Å². The van der Waals surface area contributed by atoms with Gasteiger partial charge in [0, 0.05) is 30.7 Å². The molecule has 1 N–H and O–H groups in total. The SMILES string of the molecule is CCO[P@@](=O)(c1ccc(N(C)C)cc1)[C@H](O)c1ccccc1F. The molecule has 0 aliphatic heterocycles. The van der Waals surface area contributed by atoms with Gasteiger partial charge >= 0.3 is 0 Å². The second-order valence-corrected chi connectivity index (χ2v) is 7.78. The molecule has 0 saturated carbocycles. The smallest absolute Gasteiger partial charge is 0.264 e. The van der Waals surface area contributed by atoms with Gasteiger partial charge in [-0.1, -0.05) is 18.2 Å².